The van der Waals surface area contributed by atoms with Crippen molar-refractivity contribution in [2.24, 2.45) is 0 Å². The second kappa shape index (κ2) is 10.0. The zero-order valence-electron chi connectivity index (χ0n) is 14.8. The molecule has 7 heteroatoms. The van der Waals surface area contributed by atoms with E-state index in [9.17, 15) is 4.79 Å². The van der Waals surface area contributed by atoms with E-state index in [-0.39, 0.29) is 12.2 Å². The van der Waals surface area contributed by atoms with Crippen LogP contribution in [0.3, 0.4) is 0 Å². The summed E-state index contributed by atoms with van der Waals surface area (Å²) in [6.07, 6.45) is 1.44. The fraction of sp³-hybridized carbons (Fsp3) is 0.200. The lowest BCUT2D eigenvalue weighted by molar-refractivity contribution is -0.137. The van der Waals surface area contributed by atoms with Crippen LogP contribution in [-0.4, -0.2) is 19.7 Å². The maximum atomic E-state index is 11.8. The highest BCUT2D eigenvalue weighted by atomic mass is 79.9. The van der Waals surface area contributed by atoms with Crippen LogP contribution >= 0.6 is 27.5 Å². The Bertz CT molecular complexity index is 888. The van der Waals surface area contributed by atoms with Gasteiger partial charge in [0, 0.05) is 5.02 Å². The third kappa shape index (κ3) is 5.75. The van der Waals surface area contributed by atoms with Gasteiger partial charge in [0.2, 0.25) is 0 Å². The second-order valence-electron chi connectivity index (χ2n) is 5.34. The number of rotatable bonds is 7. The van der Waals surface area contributed by atoms with Gasteiger partial charge in [-0.05, 0) is 64.3 Å². The Morgan fingerprint density at radius 1 is 1.30 bits per heavy atom. The van der Waals surface area contributed by atoms with Crippen molar-refractivity contribution in [3.63, 3.8) is 0 Å². The van der Waals surface area contributed by atoms with Crippen molar-refractivity contribution in [2.75, 3.05) is 13.7 Å². The summed E-state index contributed by atoms with van der Waals surface area (Å²) in [6.45, 7) is 2.20. The molecule has 0 heterocycles. The molecule has 0 aliphatic carbocycles. The lowest BCUT2D eigenvalue weighted by Gasteiger charge is -2.14. The molecule has 140 valence electrons. The Balaban J connectivity index is 2.27. The summed E-state index contributed by atoms with van der Waals surface area (Å²) in [7, 11) is 1.51. The fourth-order valence-corrected chi connectivity index (χ4v) is 2.91. The predicted octanol–water partition coefficient (Wildman–Crippen LogP) is 5.16. The molecule has 0 aromatic heterocycles. The molecule has 0 saturated carbocycles. The van der Waals surface area contributed by atoms with Gasteiger partial charge < -0.3 is 14.2 Å². The van der Waals surface area contributed by atoms with E-state index in [0.29, 0.717) is 33.2 Å². The first-order chi connectivity index (χ1) is 13.0. The number of nitriles is 1. The van der Waals surface area contributed by atoms with Crippen LogP contribution in [0.4, 0.5) is 0 Å². The van der Waals surface area contributed by atoms with Gasteiger partial charge in [0.1, 0.15) is 18.2 Å². The number of hydrogen-bond donors (Lipinski definition) is 0. The van der Waals surface area contributed by atoms with Crippen molar-refractivity contribution in [1.82, 2.24) is 0 Å². The van der Waals surface area contributed by atoms with Crippen LogP contribution in [0.25, 0.3) is 6.08 Å². The summed E-state index contributed by atoms with van der Waals surface area (Å²) >= 11 is 9.33. The Hall–Kier alpha value is -2.49. The lowest BCUT2D eigenvalue weighted by atomic mass is 10.1. The number of esters is 1. The van der Waals surface area contributed by atoms with Gasteiger partial charge in [-0.3, -0.25) is 0 Å². The van der Waals surface area contributed by atoms with Crippen LogP contribution in [-0.2, 0) is 16.1 Å². The summed E-state index contributed by atoms with van der Waals surface area (Å²) < 4.78 is 16.8. The van der Waals surface area contributed by atoms with E-state index >= 15 is 0 Å². The molecule has 0 N–H and O–H groups in total. The van der Waals surface area contributed by atoms with E-state index in [1.165, 1.54) is 13.2 Å². The normalized spacial score (nSPS) is 10.9. The number of carbonyl (C=O) groups is 1. The molecule has 0 saturated heterocycles. The first-order valence-corrected chi connectivity index (χ1v) is 9.19. The number of carbonyl (C=O) groups excluding carboxylic acids is 1. The number of ether oxygens (including phenoxy) is 3. The molecular weight excluding hydrogens is 434 g/mol. The molecular formula is C20H17BrClNO4. The Morgan fingerprint density at radius 2 is 2.00 bits per heavy atom. The van der Waals surface area contributed by atoms with E-state index in [4.69, 9.17) is 31.1 Å². The van der Waals surface area contributed by atoms with Gasteiger partial charge >= 0.3 is 5.97 Å². The zero-order chi connectivity index (χ0) is 19.8. The molecule has 0 spiro atoms. The molecule has 0 aliphatic rings. The molecule has 0 aliphatic heterocycles. The van der Waals surface area contributed by atoms with E-state index in [1.54, 1.807) is 31.2 Å². The average molecular weight is 451 g/mol. The molecule has 0 radical (unpaired) electrons. The minimum absolute atomic E-state index is 0.0966. The SMILES string of the molecule is CCOC(=O)/C(C#N)=C/c1cc(Br)c(OCc2ccc(Cl)cc2)c(OC)c1. The molecule has 0 unspecified atom stereocenters. The lowest BCUT2D eigenvalue weighted by Crippen LogP contribution is -2.06. The van der Waals surface area contributed by atoms with E-state index in [2.05, 4.69) is 15.9 Å². The minimum atomic E-state index is -0.668. The number of hydrogen-bond acceptors (Lipinski definition) is 5. The summed E-state index contributed by atoms with van der Waals surface area (Å²) in [5.41, 5.74) is 1.45. The summed E-state index contributed by atoms with van der Waals surface area (Å²) in [6, 6.07) is 12.6. The summed E-state index contributed by atoms with van der Waals surface area (Å²) in [4.78, 5) is 11.8. The Labute approximate surface area is 171 Å². The smallest absolute Gasteiger partial charge is 0.348 e. The van der Waals surface area contributed by atoms with Crippen molar-refractivity contribution in [3.05, 3.63) is 62.6 Å². The predicted molar refractivity (Wildman–Crippen MR) is 107 cm³/mol. The molecule has 0 amide bonds. The van der Waals surface area contributed by atoms with Crippen LogP contribution in [0, 0.1) is 11.3 Å². The third-order valence-corrected chi connectivity index (χ3v) is 4.32. The van der Waals surface area contributed by atoms with Crippen molar-refractivity contribution >= 4 is 39.6 Å². The van der Waals surface area contributed by atoms with Crippen molar-refractivity contribution < 1.29 is 19.0 Å². The van der Waals surface area contributed by atoms with Crippen molar-refractivity contribution in [2.45, 2.75) is 13.5 Å². The highest BCUT2D eigenvalue weighted by Gasteiger charge is 2.14. The third-order valence-electron chi connectivity index (χ3n) is 3.48. The number of methoxy groups -OCH3 is 1. The van der Waals surface area contributed by atoms with Gasteiger partial charge in [0.05, 0.1) is 18.2 Å². The topological polar surface area (TPSA) is 68.6 Å². The molecule has 0 atom stereocenters. The molecule has 0 fully saturated rings. The van der Waals surface area contributed by atoms with Crippen LogP contribution < -0.4 is 9.47 Å². The molecule has 0 bridgehead atoms. The highest BCUT2D eigenvalue weighted by Crippen LogP contribution is 2.37. The fourth-order valence-electron chi connectivity index (χ4n) is 2.21. The molecule has 5 nitrogen and oxygen atoms in total. The van der Waals surface area contributed by atoms with Gasteiger partial charge in [-0.1, -0.05) is 23.7 Å². The van der Waals surface area contributed by atoms with Crippen LogP contribution in [0.1, 0.15) is 18.1 Å². The van der Waals surface area contributed by atoms with Crippen LogP contribution in [0.5, 0.6) is 11.5 Å². The van der Waals surface area contributed by atoms with Gasteiger partial charge in [-0.2, -0.15) is 5.26 Å². The summed E-state index contributed by atoms with van der Waals surface area (Å²) in [5, 5.41) is 9.82. The quantitative estimate of drug-likeness (QED) is 0.331. The Morgan fingerprint density at radius 3 is 2.59 bits per heavy atom. The van der Waals surface area contributed by atoms with Gasteiger partial charge in [0.15, 0.2) is 11.5 Å². The first-order valence-electron chi connectivity index (χ1n) is 8.02. The average Bonchev–Trinajstić information content (AvgIpc) is 2.66. The number of benzene rings is 2. The summed E-state index contributed by atoms with van der Waals surface area (Å²) in [5.74, 6) is 0.308. The monoisotopic (exact) mass is 449 g/mol. The maximum Gasteiger partial charge on any atom is 0.348 e. The Kier molecular flexibility index (Phi) is 7.71. The number of halogens is 2. The minimum Gasteiger partial charge on any atom is -0.493 e. The highest BCUT2D eigenvalue weighted by molar-refractivity contribution is 9.10. The van der Waals surface area contributed by atoms with Gasteiger partial charge in [0.25, 0.3) is 0 Å². The number of nitrogens with zero attached hydrogens (tertiary/aromatic N) is 1. The largest absolute Gasteiger partial charge is 0.493 e. The molecule has 2 rings (SSSR count). The standard InChI is InChI=1S/C20H17BrClNO4/c1-3-26-20(24)15(11-23)8-14-9-17(21)19(18(10-14)25-2)27-12-13-4-6-16(22)7-5-13/h4-10H,3,12H2,1-2H3/b15-8+. The van der Waals surface area contributed by atoms with E-state index in [1.807, 2.05) is 18.2 Å². The zero-order valence-corrected chi connectivity index (χ0v) is 17.1. The van der Waals surface area contributed by atoms with Crippen molar-refractivity contribution in [1.29, 1.82) is 5.26 Å². The van der Waals surface area contributed by atoms with Crippen LogP contribution in [0.15, 0.2) is 46.4 Å². The second-order valence-corrected chi connectivity index (χ2v) is 6.63. The van der Waals surface area contributed by atoms with Gasteiger partial charge in [-0.25, -0.2) is 4.79 Å². The molecule has 2 aromatic rings. The van der Waals surface area contributed by atoms with Crippen LogP contribution in [0.2, 0.25) is 5.02 Å². The molecule has 2 aromatic carbocycles. The first kappa shape index (κ1) is 20.8. The van der Waals surface area contributed by atoms with E-state index < -0.39 is 5.97 Å². The van der Waals surface area contributed by atoms with Crippen molar-refractivity contribution in [3.8, 4) is 17.6 Å². The van der Waals surface area contributed by atoms with Gasteiger partial charge in [-0.15, -0.1) is 0 Å². The molecule has 27 heavy (non-hydrogen) atoms. The van der Waals surface area contributed by atoms with E-state index in [0.717, 1.165) is 5.56 Å². The maximum absolute atomic E-state index is 11.8.